The first-order valence-corrected chi connectivity index (χ1v) is 9.73. The number of aromatic nitrogens is 4. The van der Waals surface area contributed by atoms with Crippen LogP contribution in [0.3, 0.4) is 0 Å². The topological polar surface area (TPSA) is 92.7 Å². The summed E-state index contributed by atoms with van der Waals surface area (Å²) in [4.78, 5) is 29.0. The molecule has 4 rings (SSSR count). The molecule has 7 nitrogen and oxygen atoms in total. The Morgan fingerprint density at radius 2 is 1.83 bits per heavy atom. The molecule has 7 heteroatoms. The van der Waals surface area contributed by atoms with Gasteiger partial charge in [-0.2, -0.15) is 4.68 Å². The summed E-state index contributed by atoms with van der Waals surface area (Å²) in [5.74, 6) is -0.345. The van der Waals surface area contributed by atoms with Crippen molar-refractivity contribution in [3.8, 4) is 0 Å². The lowest BCUT2D eigenvalue weighted by Gasteiger charge is -2.21. The quantitative estimate of drug-likeness (QED) is 0.530. The highest BCUT2D eigenvalue weighted by Gasteiger charge is 2.27. The number of rotatable bonds is 6. The lowest BCUT2D eigenvalue weighted by atomic mass is 10.0. The van der Waals surface area contributed by atoms with E-state index in [1.165, 1.54) is 4.68 Å². The van der Waals surface area contributed by atoms with E-state index in [0.717, 1.165) is 16.5 Å². The summed E-state index contributed by atoms with van der Waals surface area (Å²) in [5, 5.41) is 12.7. The van der Waals surface area contributed by atoms with Crippen molar-refractivity contribution >= 4 is 27.7 Å². The molecule has 2 aromatic heterocycles. The number of fused-ring (bicyclic) bond motifs is 2. The van der Waals surface area contributed by atoms with Crippen molar-refractivity contribution in [1.29, 1.82) is 0 Å². The van der Waals surface area contributed by atoms with Gasteiger partial charge in [-0.3, -0.25) is 9.59 Å². The molecule has 29 heavy (non-hydrogen) atoms. The van der Waals surface area contributed by atoms with E-state index in [-0.39, 0.29) is 17.4 Å². The van der Waals surface area contributed by atoms with Crippen LogP contribution in [0.5, 0.6) is 0 Å². The van der Waals surface area contributed by atoms with Gasteiger partial charge in [0.05, 0.1) is 5.39 Å². The van der Waals surface area contributed by atoms with Crippen LogP contribution in [0.4, 0.5) is 0 Å². The molecule has 0 spiro atoms. The Morgan fingerprint density at radius 3 is 2.62 bits per heavy atom. The van der Waals surface area contributed by atoms with Gasteiger partial charge in [-0.05, 0) is 36.1 Å². The highest BCUT2D eigenvalue weighted by molar-refractivity contribution is 5.84. The molecule has 1 amide bonds. The van der Waals surface area contributed by atoms with Gasteiger partial charge in [-0.25, -0.2) is 0 Å². The van der Waals surface area contributed by atoms with Crippen LogP contribution >= 0.6 is 0 Å². The van der Waals surface area contributed by atoms with Gasteiger partial charge in [0.1, 0.15) is 11.6 Å². The van der Waals surface area contributed by atoms with Gasteiger partial charge in [0.2, 0.25) is 5.91 Å². The van der Waals surface area contributed by atoms with Crippen LogP contribution in [-0.4, -0.2) is 32.4 Å². The number of hydrogen-bond donors (Lipinski definition) is 2. The second-order valence-electron chi connectivity index (χ2n) is 7.45. The Labute approximate surface area is 167 Å². The summed E-state index contributed by atoms with van der Waals surface area (Å²) in [6.45, 7) is 4.26. The average Bonchev–Trinajstić information content (AvgIpc) is 3.13. The van der Waals surface area contributed by atoms with Crippen molar-refractivity contribution in [2.24, 2.45) is 5.92 Å². The minimum Gasteiger partial charge on any atom is -0.361 e. The van der Waals surface area contributed by atoms with Gasteiger partial charge >= 0.3 is 0 Å². The normalized spacial score (nSPS) is 12.5. The van der Waals surface area contributed by atoms with Crippen molar-refractivity contribution < 1.29 is 4.79 Å². The molecule has 0 aliphatic rings. The minimum absolute atomic E-state index is 0.115. The van der Waals surface area contributed by atoms with E-state index in [1.807, 2.05) is 38.2 Å². The Bertz CT molecular complexity index is 1220. The molecular weight excluding hydrogens is 366 g/mol. The highest BCUT2D eigenvalue weighted by Crippen LogP contribution is 2.19. The fourth-order valence-corrected chi connectivity index (χ4v) is 3.64. The predicted octanol–water partition coefficient (Wildman–Crippen LogP) is 2.83. The van der Waals surface area contributed by atoms with Crippen LogP contribution in [0.15, 0.2) is 59.5 Å². The fourth-order valence-electron chi connectivity index (χ4n) is 3.64. The maximum absolute atomic E-state index is 12.9. The number of nitrogens with zero attached hydrogens (tertiary/aromatic N) is 3. The van der Waals surface area contributed by atoms with Crippen LogP contribution in [-0.2, 0) is 11.2 Å². The summed E-state index contributed by atoms with van der Waals surface area (Å²) in [7, 11) is 0. The van der Waals surface area contributed by atoms with Crippen molar-refractivity contribution in [2.45, 2.75) is 26.3 Å². The number of para-hydroxylation sites is 1. The first-order chi connectivity index (χ1) is 14.1. The van der Waals surface area contributed by atoms with Gasteiger partial charge in [0.15, 0.2) is 0 Å². The summed E-state index contributed by atoms with van der Waals surface area (Å²) >= 11 is 0. The van der Waals surface area contributed by atoms with Crippen molar-refractivity contribution in [1.82, 2.24) is 25.3 Å². The maximum atomic E-state index is 12.9. The van der Waals surface area contributed by atoms with Crippen LogP contribution < -0.4 is 10.9 Å². The van der Waals surface area contributed by atoms with Gasteiger partial charge in [0.25, 0.3) is 5.56 Å². The number of H-pyrrole nitrogens is 1. The number of carbonyl (C=O) groups is 1. The zero-order chi connectivity index (χ0) is 20.4. The van der Waals surface area contributed by atoms with Crippen molar-refractivity contribution in [3.05, 3.63) is 70.6 Å². The highest BCUT2D eigenvalue weighted by atomic mass is 16.2. The van der Waals surface area contributed by atoms with Crippen molar-refractivity contribution in [3.63, 3.8) is 0 Å². The average molecular weight is 389 g/mol. The zero-order valence-electron chi connectivity index (χ0n) is 16.4. The molecular formula is C22H23N5O2. The van der Waals surface area contributed by atoms with Gasteiger partial charge in [-0.15, -0.1) is 5.10 Å². The summed E-state index contributed by atoms with van der Waals surface area (Å²) in [6.07, 6.45) is 2.66. The first-order valence-electron chi connectivity index (χ1n) is 9.73. The van der Waals surface area contributed by atoms with E-state index in [4.69, 9.17) is 0 Å². The molecule has 1 atom stereocenters. The standard InChI is InChI=1S/C22H23N5O2/c1-14(2)20(27-22(29)17-8-4-6-10-19(17)25-26-27)21(28)23-12-11-15-13-24-18-9-5-3-7-16(15)18/h3-10,13-14,20,24H,11-12H2,1-2H3,(H,23,28). The second kappa shape index (κ2) is 7.87. The molecule has 0 saturated heterocycles. The largest absolute Gasteiger partial charge is 0.361 e. The second-order valence-corrected chi connectivity index (χ2v) is 7.45. The lowest BCUT2D eigenvalue weighted by molar-refractivity contribution is -0.126. The Balaban J connectivity index is 1.52. The molecule has 0 aliphatic heterocycles. The number of carbonyl (C=O) groups excluding carboxylic acids is 1. The Kier molecular flexibility index (Phi) is 5.12. The molecule has 0 aliphatic carbocycles. The van der Waals surface area contributed by atoms with Gasteiger partial charge in [0, 0.05) is 23.6 Å². The minimum atomic E-state index is -0.720. The van der Waals surface area contributed by atoms with Gasteiger partial charge in [-0.1, -0.05) is 49.4 Å². The van der Waals surface area contributed by atoms with Crippen molar-refractivity contribution in [2.75, 3.05) is 6.54 Å². The molecule has 1 unspecified atom stereocenters. The zero-order valence-corrected chi connectivity index (χ0v) is 16.4. The third-order valence-corrected chi connectivity index (χ3v) is 5.12. The number of hydrogen-bond acceptors (Lipinski definition) is 4. The van der Waals surface area contributed by atoms with E-state index >= 15 is 0 Å². The number of amides is 1. The first kappa shape index (κ1) is 18.9. The molecule has 0 fully saturated rings. The predicted molar refractivity (Wildman–Crippen MR) is 113 cm³/mol. The van der Waals surface area contributed by atoms with Crippen LogP contribution in [0.25, 0.3) is 21.8 Å². The monoisotopic (exact) mass is 389 g/mol. The molecule has 2 aromatic carbocycles. The van der Waals surface area contributed by atoms with Crippen LogP contribution in [0, 0.1) is 5.92 Å². The lowest BCUT2D eigenvalue weighted by Crippen LogP contribution is -2.42. The SMILES string of the molecule is CC(C)C(C(=O)NCCc1c[nH]c2ccccc12)n1nnc2ccccc2c1=O. The molecule has 148 valence electrons. The van der Waals surface area contributed by atoms with E-state index in [0.29, 0.717) is 23.9 Å². The Morgan fingerprint density at radius 1 is 1.10 bits per heavy atom. The van der Waals surface area contributed by atoms with E-state index < -0.39 is 6.04 Å². The Hall–Kier alpha value is -3.48. The third kappa shape index (κ3) is 3.63. The molecule has 0 bridgehead atoms. The summed E-state index contributed by atoms with van der Waals surface area (Å²) in [6, 6.07) is 14.4. The number of nitrogens with one attached hydrogen (secondary N) is 2. The maximum Gasteiger partial charge on any atom is 0.278 e. The molecule has 2 heterocycles. The molecule has 4 aromatic rings. The summed E-state index contributed by atoms with van der Waals surface area (Å²) in [5.41, 5.74) is 2.44. The fraction of sp³-hybridized carbons (Fsp3) is 0.273. The van der Waals surface area contributed by atoms with E-state index in [9.17, 15) is 9.59 Å². The van der Waals surface area contributed by atoms with E-state index in [1.54, 1.807) is 24.3 Å². The van der Waals surface area contributed by atoms with Gasteiger partial charge < -0.3 is 10.3 Å². The number of aromatic amines is 1. The smallest absolute Gasteiger partial charge is 0.278 e. The van der Waals surface area contributed by atoms with Crippen LogP contribution in [0.1, 0.15) is 25.5 Å². The molecule has 0 radical (unpaired) electrons. The third-order valence-electron chi connectivity index (χ3n) is 5.12. The molecule has 2 N–H and O–H groups in total. The van der Waals surface area contributed by atoms with E-state index in [2.05, 4.69) is 26.7 Å². The summed E-state index contributed by atoms with van der Waals surface area (Å²) < 4.78 is 1.20. The molecule has 0 saturated carbocycles. The van der Waals surface area contributed by atoms with Crippen LogP contribution in [0.2, 0.25) is 0 Å². The number of benzene rings is 2.